The van der Waals surface area contributed by atoms with Gasteiger partial charge in [-0.05, 0) is 36.9 Å². The zero-order chi connectivity index (χ0) is 17.0. The highest BCUT2D eigenvalue weighted by atomic mass is 19.1. The highest BCUT2D eigenvalue weighted by Crippen LogP contribution is 2.28. The van der Waals surface area contributed by atoms with Gasteiger partial charge >= 0.3 is 0 Å². The van der Waals surface area contributed by atoms with Crippen LogP contribution in [0.1, 0.15) is 24.8 Å². The zero-order valence-electron chi connectivity index (χ0n) is 14.4. The fourth-order valence-electron chi connectivity index (χ4n) is 3.95. The van der Waals surface area contributed by atoms with Gasteiger partial charge in [-0.3, -0.25) is 4.90 Å². The van der Waals surface area contributed by atoms with Gasteiger partial charge in [0.1, 0.15) is 5.82 Å². The quantitative estimate of drug-likeness (QED) is 0.895. The number of benzene rings is 1. The Hall–Kier alpha value is -1.01. The minimum Gasteiger partial charge on any atom is -0.388 e. The summed E-state index contributed by atoms with van der Waals surface area (Å²) in [6.07, 6.45) is 3.12. The molecule has 0 bridgehead atoms. The summed E-state index contributed by atoms with van der Waals surface area (Å²) in [5.74, 6) is 0.179. The Morgan fingerprint density at radius 1 is 1.33 bits per heavy atom. The van der Waals surface area contributed by atoms with E-state index in [2.05, 4.69) is 4.90 Å². The fraction of sp³-hybridized carbons (Fsp3) is 0.684. The number of hydrogen-bond acceptors (Lipinski definition) is 4. The van der Waals surface area contributed by atoms with Crippen LogP contribution in [-0.4, -0.2) is 61.7 Å². The molecule has 1 N–H and O–H groups in total. The summed E-state index contributed by atoms with van der Waals surface area (Å²) >= 11 is 0. The van der Waals surface area contributed by atoms with Crippen molar-refractivity contribution in [2.75, 3.05) is 40.0 Å². The van der Waals surface area contributed by atoms with E-state index in [1.54, 1.807) is 13.2 Å². The summed E-state index contributed by atoms with van der Waals surface area (Å²) in [4.78, 5) is 2.29. The number of methoxy groups -OCH3 is 1. The Balaban J connectivity index is 1.58. The van der Waals surface area contributed by atoms with E-state index in [1.807, 2.05) is 12.1 Å². The van der Waals surface area contributed by atoms with Crippen LogP contribution in [0.3, 0.4) is 0 Å². The highest BCUT2D eigenvalue weighted by molar-refractivity contribution is 5.18. The van der Waals surface area contributed by atoms with E-state index in [1.165, 1.54) is 6.07 Å². The van der Waals surface area contributed by atoms with Crippen LogP contribution in [0.2, 0.25) is 0 Å². The molecule has 3 rings (SSSR count). The Kier molecular flexibility index (Phi) is 5.87. The molecule has 4 nitrogen and oxygen atoms in total. The Bertz CT molecular complexity index is 533. The van der Waals surface area contributed by atoms with Gasteiger partial charge in [0.15, 0.2) is 0 Å². The van der Waals surface area contributed by atoms with Crippen molar-refractivity contribution >= 4 is 0 Å². The van der Waals surface area contributed by atoms with Gasteiger partial charge in [-0.1, -0.05) is 18.2 Å². The fourth-order valence-corrected chi connectivity index (χ4v) is 3.95. The first kappa shape index (κ1) is 17.8. The number of aliphatic hydroxyl groups is 1. The molecule has 0 aromatic heterocycles. The number of halogens is 1. The van der Waals surface area contributed by atoms with Crippen molar-refractivity contribution in [1.82, 2.24) is 4.90 Å². The highest BCUT2D eigenvalue weighted by Gasteiger charge is 2.36. The van der Waals surface area contributed by atoms with Crippen molar-refractivity contribution in [1.29, 1.82) is 0 Å². The van der Waals surface area contributed by atoms with Gasteiger partial charge in [-0.25, -0.2) is 4.39 Å². The number of β-amino-alcohol motifs (C(OH)–C–C–N with tert-alkyl or cyclic N) is 1. The normalized spacial score (nSPS) is 28.0. The molecule has 2 aliphatic heterocycles. The molecule has 0 unspecified atom stereocenters. The van der Waals surface area contributed by atoms with Gasteiger partial charge in [0.25, 0.3) is 0 Å². The van der Waals surface area contributed by atoms with E-state index in [0.29, 0.717) is 44.9 Å². The minimum atomic E-state index is -0.644. The third-order valence-corrected chi connectivity index (χ3v) is 5.46. The maximum absolute atomic E-state index is 13.9. The van der Waals surface area contributed by atoms with Gasteiger partial charge in [0.2, 0.25) is 0 Å². The van der Waals surface area contributed by atoms with Crippen molar-refractivity contribution in [2.45, 2.75) is 37.4 Å². The van der Waals surface area contributed by atoms with Crippen LogP contribution in [0.4, 0.5) is 4.39 Å². The lowest BCUT2D eigenvalue weighted by atomic mass is 9.86. The molecule has 2 saturated heterocycles. The summed E-state index contributed by atoms with van der Waals surface area (Å²) in [7, 11) is 1.73. The van der Waals surface area contributed by atoms with Crippen molar-refractivity contribution in [3.8, 4) is 0 Å². The van der Waals surface area contributed by atoms with E-state index in [0.717, 1.165) is 25.1 Å². The summed E-state index contributed by atoms with van der Waals surface area (Å²) in [6.45, 7) is 3.64. The molecule has 1 aromatic rings. The summed E-state index contributed by atoms with van der Waals surface area (Å²) < 4.78 is 25.0. The van der Waals surface area contributed by atoms with Crippen molar-refractivity contribution in [3.05, 3.63) is 35.6 Å². The van der Waals surface area contributed by atoms with E-state index in [9.17, 15) is 9.50 Å². The van der Waals surface area contributed by atoms with Crippen LogP contribution in [0.5, 0.6) is 0 Å². The van der Waals surface area contributed by atoms with E-state index < -0.39 is 5.60 Å². The largest absolute Gasteiger partial charge is 0.388 e. The molecule has 0 aliphatic carbocycles. The van der Waals surface area contributed by atoms with Crippen molar-refractivity contribution in [2.24, 2.45) is 5.92 Å². The molecule has 1 aromatic carbocycles. The molecule has 0 spiro atoms. The van der Waals surface area contributed by atoms with Crippen LogP contribution in [-0.2, 0) is 15.9 Å². The number of hydrogen-bond donors (Lipinski definition) is 1. The summed E-state index contributed by atoms with van der Waals surface area (Å²) in [5, 5.41) is 10.7. The van der Waals surface area contributed by atoms with Crippen molar-refractivity contribution < 1.29 is 19.0 Å². The van der Waals surface area contributed by atoms with Crippen LogP contribution < -0.4 is 0 Å². The van der Waals surface area contributed by atoms with Gasteiger partial charge in [0.05, 0.1) is 11.7 Å². The number of ether oxygens (including phenoxy) is 2. The van der Waals surface area contributed by atoms with E-state index >= 15 is 0 Å². The molecular formula is C19H28FNO3. The van der Waals surface area contributed by atoms with E-state index in [4.69, 9.17) is 9.47 Å². The van der Waals surface area contributed by atoms with Gasteiger partial charge in [0, 0.05) is 46.3 Å². The third kappa shape index (κ3) is 4.33. The molecule has 2 atom stereocenters. The van der Waals surface area contributed by atoms with Crippen LogP contribution in [0, 0.1) is 11.7 Å². The average molecular weight is 337 g/mol. The van der Waals surface area contributed by atoms with Crippen LogP contribution in [0.25, 0.3) is 0 Å². The molecular weight excluding hydrogens is 309 g/mol. The van der Waals surface area contributed by atoms with Gasteiger partial charge in [-0.2, -0.15) is 0 Å². The maximum Gasteiger partial charge on any atom is 0.126 e. The molecule has 0 radical (unpaired) electrons. The topological polar surface area (TPSA) is 41.9 Å². The molecule has 24 heavy (non-hydrogen) atoms. The predicted octanol–water partition coefficient (Wildman–Crippen LogP) is 2.25. The zero-order valence-corrected chi connectivity index (χ0v) is 14.4. The molecule has 2 fully saturated rings. The lowest BCUT2D eigenvalue weighted by molar-refractivity contribution is -0.0954. The molecule has 0 saturated carbocycles. The number of rotatable bonds is 5. The predicted molar refractivity (Wildman–Crippen MR) is 90.5 cm³/mol. The molecule has 5 heteroatoms. The Morgan fingerprint density at radius 3 is 2.79 bits per heavy atom. The smallest absolute Gasteiger partial charge is 0.126 e. The van der Waals surface area contributed by atoms with Gasteiger partial charge < -0.3 is 14.6 Å². The first-order valence-electron chi connectivity index (χ1n) is 8.88. The Morgan fingerprint density at radius 2 is 2.08 bits per heavy atom. The molecule has 134 valence electrons. The van der Waals surface area contributed by atoms with Gasteiger partial charge in [-0.15, -0.1) is 0 Å². The summed E-state index contributed by atoms with van der Waals surface area (Å²) in [5.41, 5.74) is 0.121. The monoisotopic (exact) mass is 337 g/mol. The molecule has 2 heterocycles. The second-order valence-corrected chi connectivity index (χ2v) is 7.19. The lowest BCUT2D eigenvalue weighted by Crippen LogP contribution is -2.53. The molecule has 2 aliphatic rings. The van der Waals surface area contributed by atoms with E-state index in [-0.39, 0.29) is 11.9 Å². The number of nitrogens with zero attached hydrogens (tertiary/aromatic N) is 1. The Labute approximate surface area is 143 Å². The number of likely N-dealkylation sites (tertiary alicyclic amines) is 1. The van der Waals surface area contributed by atoms with Crippen LogP contribution in [0.15, 0.2) is 24.3 Å². The SMILES string of the molecule is CO[C@H]1CN(CC2(O)CCOCC2)CC[C@@H]1Cc1ccccc1F. The average Bonchev–Trinajstić information content (AvgIpc) is 2.58. The minimum absolute atomic E-state index is 0.0711. The third-order valence-electron chi connectivity index (χ3n) is 5.46. The maximum atomic E-state index is 13.9. The summed E-state index contributed by atoms with van der Waals surface area (Å²) in [6, 6.07) is 6.99. The first-order valence-corrected chi connectivity index (χ1v) is 8.88. The first-order chi connectivity index (χ1) is 11.6. The molecule has 0 amide bonds. The second-order valence-electron chi connectivity index (χ2n) is 7.19. The lowest BCUT2D eigenvalue weighted by Gasteiger charge is -2.42. The standard InChI is InChI=1S/C19H28FNO3/c1-23-18-13-21(14-19(22)7-10-24-11-8-19)9-6-16(18)12-15-4-2-3-5-17(15)20/h2-5,16,18,22H,6-14H2,1H3/t16-,18+/m1/s1. The second kappa shape index (κ2) is 7.91. The van der Waals surface area contributed by atoms with Crippen LogP contribution >= 0.6 is 0 Å². The van der Waals surface area contributed by atoms with Crippen molar-refractivity contribution in [3.63, 3.8) is 0 Å². The number of piperidine rings is 1.